The molecule has 0 atom stereocenters. The predicted octanol–water partition coefficient (Wildman–Crippen LogP) is 2.52. The maximum absolute atomic E-state index is 12.2. The van der Waals surface area contributed by atoms with Crippen molar-refractivity contribution in [2.75, 3.05) is 11.6 Å². The minimum atomic E-state index is -4.02. The maximum atomic E-state index is 12.2. The van der Waals surface area contributed by atoms with Crippen molar-refractivity contribution >= 4 is 52.6 Å². The van der Waals surface area contributed by atoms with Crippen LogP contribution in [0.4, 0.5) is 9.93 Å². The fraction of sp³-hybridized carbons (Fsp3) is 0.125. The van der Waals surface area contributed by atoms with Crippen LogP contribution in [-0.4, -0.2) is 34.1 Å². The third-order valence-electron chi connectivity index (χ3n) is 3.57. The molecule has 11 heteroatoms. The lowest BCUT2D eigenvalue weighted by Crippen LogP contribution is -2.34. The van der Waals surface area contributed by atoms with E-state index >= 15 is 0 Å². The summed E-state index contributed by atoms with van der Waals surface area (Å²) >= 11 is 1.04. The number of hydrogen-bond donors (Lipinski definition) is 2. The van der Waals surface area contributed by atoms with Crippen molar-refractivity contribution in [3.8, 4) is 0 Å². The average Bonchev–Trinajstić information content (AvgIpc) is 2.94. The lowest BCUT2D eigenvalue weighted by Gasteiger charge is -2.07. The molecule has 0 aliphatic heterocycles. The number of hydrogen-bond acceptors (Lipinski definition) is 7. The van der Waals surface area contributed by atoms with Gasteiger partial charge in [-0.25, -0.2) is 31.3 Å². The molecule has 2 aromatic carbocycles. The first-order valence-electron chi connectivity index (χ1n) is 7.56. The van der Waals surface area contributed by atoms with E-state index in [1.54, 1.807) is 12.1 Å². The van der Waals surface area contributed by atoms with Crippen LogP contribution in [0.3, 0.4) is 0 Å². The van der Waals surface area contributed by atoms with E-state index < -0.39 is 25.9 Å². The van der Waals surface area contributed by atoms with Crippen molar-refractivity contribution in [2.24, 2.45) is 0 Å². The Bertz CT molecular complexity index is 1230. The van der Waals surface area contributed by atoms with Crippen LogP contribution in [0.1, 0.15) is 5.56 Å². The second-order valence-electron chi connectivity index (χ2n) is 5.79. The van der Waals surface area contributed by atoms with Crippen LogP contribution in [0.2, 0.25) is 0 Å². The molecule has 0 aliphatic carbocycles. The molecule has 0 unspecified atom stereocenters. The van der Waals surface area contributed by atoms with E-state index in [1.165, 1.54) is 30.3 Å². The summed E-state index contributed by atoms with van der Waals surface area (Å²) in [4.78, 5) is 16.3. The molecule has 0 saturated carbocycles. The highest BCUT2D eigenvalue weighted by Gasteiger charge is 2.18. The highest BCUT2D eigenvalue weighted by molar-refractivity contribution is 7.90. The van der Waals surface area contributed by atoms with Gasteiger partial charge in [-0.15, -0.1) is 0 Å². The number of amides is 2. The smallest absolute Gasteiger partial charge is 0.283 e. The van der Waals surface area contributed by atoms with Gasteiger partial charge >= 0.3 is 6.03 Å². The molecule has 0 spiro atoms. The number of urea groups is 1. The molecule has 1 heterocycles. The average molecular weight is 426 g/mol. The molecule has 0 fully saturated rings. The third kappa shape index (κ3) is 4.43. The largest absolute Gasteiger partial charge is 0.334 e. The number of thiazole rings is 1. The highest BCUT2D eigenvalue weighted by Crippen LogP contribution is 2.28. The van der Waals surface area contributed by atoms with Gasteiger partial charge in [0.25, 0.3) is 10.0 Å². The molecule has 8 nitrogen and oxygen atoms in total. The zero-order valence-electron chi connectivity index (χ0n) is 14.3. The molecular formula is C16H15N3O5S3. The fourth-order valence-corrected chi connectivity index (χ4v) is 4.74. The van der Waals surface area contributed by atoms with Crippen LogP contribution in [0, 0.1) is 6.92 Å². The Morgan fingerprint density at radius 2 is 1.63 bits per heavy atom. The van der Waals surface area contributed by atoms with E-state index in [4.69, 9.17) is 0 Å². The molecule has 1 aromatic heterocycles. The van der Waals surface area contributed by atoms with Gasteiger partial charge < -0.3 is 0 Å². The number of nitrogens with zero attached hydrogens (tertiary/aromatic N) is 1. The molecule has 27 heavy (non-hydrogen) atoms. The van der Waals surface area contributed by atoms with E-state index in [0.29, 0.717) is 10.2 Å². The highest BCUT2D eigenvalue weighted by atomic mass is 32.2. The van der Waals surface area contributed by atoms with E-state index in [9.17, 15) is 21.6 Å². The maximum Gasteiger partial charge on any atom is 0.334 e. The molecule has 0 radical (unpaired) electrons. The minimum absolute atomic E-state index is 0.0367. The van der Waals surface area contributed by atoms with Crippen molar-refractivity contribution in [3.05, 3.63) is 48.0 Å². The van der Waals surface area contributed by atoms with Crippen molar-refractivity contribution in [1.29, 1.82) is 0 Å². The second-order valence-corrected chi connectivity index (χ2v) is 10.5. The third-order valence-corrected chi connectivity index (χ3v) is 6.96. The van der Waals surface area contributed by atoms with Crippen LogP contribution in [0.5, 0.6) is 0 Å². The molecule has 142 valence electrons. The summed E-state index contributed by atoms with van der Waals surface area (Å²) in [5.41, 5.74) is 1.38. The molecule has 0 saturated heterocycles. The summed E-state index contributed by atoms with van der Waals surface area (Å²) in [6.07, 6.45) is 1.09. The van der Waals surface area contributed by atoms with Gasteiger partial charge in [0.15, 0.2) is 15.0 Å². The van der Waals surface area contributed by atoms with Gasteiger partial charge in [-0.3, -0.25) is 5.32 Å². The molecule has 0 bridgehead atoms. The summed E-state index contributed by atoms with van der Waals surface area (Å²) in [5, 5.41) is 2.50. The van der Waals surface area contributed by atoms with Crippen LogP contribution < -0.4 is 10.0 Å². The Hall–Kier alpha value is -2.50. The van der Waals surface area contributed by atoms with Crippen LogP contribution in [-0.2, 0) is 19.9 Å². The zero-order valence-corrected chi connectivity index (χ0v) is 16.7. The molecular weight excluding hydrogens is 410 g/mol. The van der Waals surface area contributed by atoms with E-state index in [0.717, 1.165) is 23.2 Å². The monoisotopic (exact) mass is 425 g/mol. The van der Waals surface area contributed by atoms with Crippen LogP contribution >= 0.6 is 11.3 Å². The van der Waals surface area contributed by atoms with Crippen LogP contribution in [0.25, 0.3) is 10.2 Å². The quantitative estimate of drug-likeness (QED) is 0.662. The lowest BCUT2D eigenvalue weighted by atomic mass is 10.2. The number of carbonyl (C=O) groups is 1. The number of aromatic nitrogens is 1. The van der Waals surface area contributed by atoms with E-state index in [1.807, 2.05) is 11.6 Å². The van der Waals surface area contributed by atoms with Crippen molar-refractivity contribution in [3.63, 3.8) is 0 Å². The van der Waals surface area contributed by atoms with Crippen LogP contribution in [0.15, 0.2) is 52.3 Å². The Morgan fingerprint density at radius 3 is 2.26 bits per heavy atom. The number of fused-ring (bicyclic) bond motifs is 1. The number of rotatable bonds is 4. The first kappa shape index (κ1) is 19.3. The summed E-state index contributed by atoms with van der Waals surface area (Å²) in [6.45, 7) is 1.82. The van der Waals surface area contributed by atoms with E-state index in [2.05, 4.69) is 10.3 Å². The predicted molar refractivity (Wildman–Crippen MR) is 103 cm³/mol. The first-order valence-corrected chi connectivity index (χ1v) is 11.7. The summed E-state index contributed by atoms with van der Waals surface area (Å²) < 4.78 is 50.1. The van der Waals surface area contributed by atoms with Gasteiger partial charge in [-0.2, -0.15) is 0 Å². The fourth-order valence-electron chi connectivity index (χ4n) is 2.21. The van der Waals surface area contributed by atoms with Gasteiger partial charge in [0.2, 0.25) is 0 Å². The lowest BCUT2D eigenvalue weighted by molar-refractivity contribution is 0.256. The van der Waals surface area contributed by atoms with Gasteiger partial charge in [-0.1, -0.05) is 29.0 Å². The summed E-state index contributed by atoms with van der Waals surface area (Å²) in [5.74, 6) is 0. The number of aryl methyl sites for hydroxylation is 1. The van der Waals surface area contributed by atoms with Gasteiger partial charge in [0, 0.05) is 6.26 Å². The van der Waals surface area contributed by atoms with Crippen molar-refractivity contribution < 1.29 is 21.6 Å². The van der Waals surface area contributed by atoms with Crippen molar-refractivity contribution in [2.45, 2.75) is 16.7 Å². The van der Waals surface area contributed by atoms with Gasteiger partial charge in [-0.05, 0) is 37.3 Å². The Balaban J connectivity index is 1.78. The number of sulfonamides is 1. The number of nitrogens with one attached hydrogen (secondary N) is 2. The molecule has 3 rings (SSSR count). The molecule has 2 N–H and O–H groups in total. The number of benzene rings is 2. The number of anilines is 1. The Kier molecular flexibility index (Phi) is 4.93. The Labute approximate surface area is 160 Å². The first-order chi connectivity index (χ1) is 12.5. The molecule has 3 aromatic rings. The zero-order chi connectivity index (χ0) is 19.8. The molecule has 2 amide bonds. The summed E-state index contributed by atoms with van der Waals surface area (Å²) in [6, 6.07) is 9.48. The second kappa shape index (κ2) is 6.91. The Morgan fingerprint density at radius 1 is 1.00 bits per heavy atom. The standard InChI is InChI=1S/C16H15N3O5S3/c1-10-3-5-11(6-4-10)27(23,24)19-15(20)18-16-17-13-8-7-12(26(2,21)22)9-14(13)25-16/h3-9H,1-2H3,(H2,17,18,19,20). The number of sulfone groups is 1. The SMILES string of the molecule is Cc1ccc(S(=O)(=O)NC(=O)Nc2nc3ccc(S(C)(=O)=O)cc3s2)cc1. The topological polar surface area (TPSA) is 122 Å². The van der Waals surface area contributed by atoms with Gasteiger partial charge in [0.05, 0.1) is 20.0 Å². The van der Waals surface area contributed by atoms with E-state index in [-0.39, 0.29) is 14.9 Å². The summed E-state index contributed by atoms with van der Waals surface area (Å²) in [7, 11) is -7.38. The minimum Gasteiger partial charge on any atom is -0.283 e. The normalized spacial score (nSPS) is 12.1. The van der Waals surface area contributed by atoms with Gasteiger partial charge in [0.1, 0.15) is 0 Å². The molecule has 0 aliphatic rings. The van der Waals surface area contributed by atoms with Crippen molar-refractivity contribution in [1.82, 2.24) is 9.71 Å². The number of carbonyl (C=O) groups excluding carboxylic acids is 1.